The van der Waals surface area contributed by atoms with E-state index in [2.05, 4.69) is 31.2 Å². The topological polar surface area (TPSA) is 40.7 Å². The van der Waals surface area contributed by atoms with Gasteiger partial charge in [-0.05, 0) is 37.6 Å². The second-order valence-electron chi connectivity index (χ2n) is 5.16. The molecule has 1 atom stereocenters. The molecule has 20 heavy (non-hydrogen) atoms. The first-order valence-electron chi connectivity index (χ1n) is 6.98. The second-order valence-corrected chi connectivity index (χ2v) is 6.08. The largest absolute Gasteiger partial charge is 0.341 e. The minimum Gasteiger partial charge on any atom is -0.341 e. The molecule has 2 aromatic rings. The fourth-order valence-corrected chi connectivity index (χ4v) is 2.98. The van der Waals surface area contributed by atoms with Crippen molar-refractivity contribution in [3.63, 3.8) is 0 Å². The van der Waals surface area contributed by atoms with E-state index >= 15 is 0 Å². The number of nitrogens with one attached hydrogen (secondary N) is 2. The summed E-state index contributed by atoms with van der Waals surface area (Å²) in [4.78, 5) is 7.69. The van der Waals surface area contributed by atoms with Gasteiger partial charge in [0.1, 0.15) is 11.6 Å². The summed E-state index contributed by atoms with van der Waals surface area (Å²) >= 11 is 3.37. The van der Waals surface area contributed by atoms with Crippen LogP contribution in [0.5, 0.6) is 0 Å². The van der Waals surface area contributed by atoms with Crippen molar-refractivity contribution in [2.24, 2.45) is 0 Å². The highest BCUT2D eigenvalue weighted by atomic mass is 79.9. The predicted octanol–water partition coefficient (Wildman–Crippen LogP) is 4.18. The van der Waals surface area contributed by atoms with Crippen LogP contribution in [0.2, 0.25) is 0 Å². The van der Waals surface area contributed by atoms with E-state index < -0.39 is 0 Å². The molecule has 1 fully saturated rings. The summed E-state index contributed by atoms with van der Waals surface area (Å²) in [6, 6.07) is 5.18. The number of aromatic amines is 1. The van der Waals surface area contributed by atoms with Crippen LogP contribution < -0.4 is 5.32 Å². The number of aromatic nitrogens is 2. The van der Waals surface area contributed by atoms with Gasteiger partial charge in [0.15, 0.2) is 0 Å². The van der Waals surface area contributed by atoms with Gasteiger partial charge < -0.3 is 10.3 Å². The van der Waals surface area contributed by atoms with E-state index in [0.717, 1.165) is 29.0 Å². The van der Waals surface area contributed by atoms with Crippen molar-refractivity contribution in [2.45, 2.75) is 31.7 Å². The fourth-order valence-electron chi connectivity index (χ4n) is 2.62. The molecule has 0 amide bonds. The molecular weight excluding hydrogens is 321 g/mol. The molecule has 1 aromatic carbocycles. The normalized spacial score (nSPS) is 19.8. The van der Waals surface area contributed by atoms with Crippen molar-refractivity contribution in [3.05, 3.63) is 40.5 Å². The zero-order chi connectivity index (χ0) is 13.9. The molecule has 1 aliphatic rings. The van der Waals surface area contributed by atoms with Crippen LogP contribution >= 0.6 is 15.9 Å². The smallest absolute Gasteiger partial charge is 0.132 e. The Morgan fingerprint density at radius 2 is 2.15 bits per heavy atom. The Balaban J connectivity index is 1.87. The minimum absolute atomic E-state index is 0.239. The molecule has 1 unspecified atom stereocenters. The van der Waals surface area contributed by atoms with Gasteiger partial charge in [0.2, 0.25) is 0 Å². The lowest BCUT2D eigenvalue weighted by atomic mass is 10.1. The van der Waals surface area contributed by atoms with Crippen molar-refractivity contribution in [3.8, 4) is 11.3 Å². The maximum absolute atomic E-state index is 13.9. The second kappa shape index (κ2) is 6.06. The maximum atomic E-state index is 13.9. The molecule has 0 bridgehead atoms. The third kappa shape index (κ3) is 2.94. The number of imidazole rings is 1. The first-order chi connectivity index (χ1) is 9.74. The summed E-state index contributed by atoms with van der Waals surface area (Å²) in [5.74, 6) is 0.665. The van der Waals surface area contributed by atoms with Crippen LogP contribution in [0.1, 0.15) is 37.5 Å². The van der Waals surface area contributed by atoms with Crippen LogP contribution in [-0.2, 0) is 0 Å². The van der Waals surface area contributed by atoms with Gasteiger partial charge in [-0.2, -0.15) is 0 Å². The third-order valence-corrected chi connectivity index (χ3v) is 4.20. The van der Waals surface area contributed by atoms with Crippen LogP contribution in [-0.4, -0.2) is 16.5 Å². The van der Waals surface area contributed by atoms with Gasteiger partial charge in [0.05, 0.1) is 17.9 Å². The summed E-state index contributed by atoms with van der Waals surface area (Å²) in [5, 5.41) is 3.49. The van der Waals surface area contributed by atoms with Crippen molar-refractivity contribution in [2.75, 3.05) is 6.54 Å². The summed E-state index contributed by atoms with van der Waals surface area (Å²) < 4.78 is 14.7. The zero-order valence-corrected chi connectivity index (χ0v) is 12.7. The van der Waals surface area contributed by atoms with Crippen LogP contribution in [0.25, 0.3) is 11.3 Å². The monoisotopic (exact) mass is 337 g/mol. The van der Waals surface area contributed by atoms with E-state index in [9.17, 15) is 4.39 Å². The molecule has 2 heterocycles. The molecule has 2 N–H and O–H groups in total. The van der Waals surface area contributed by atoms with E-state index in [1.807, 2.05) is 0 Å². The Morgan fingerprint density at radius 1 is 1.25 bits per heavy atom. The number of halogens is 2. The van der Waals surface area contributed by atoms with E-state index in [-0.39, 0.29) is 11.9 Å². The average Bonchev–Trinajstić information content (AvgIpc) is 2.77. The molecule has 3 nitrogen and oxygen atoms in total. The van der Waals surface area contributed by atoms with Gasteiger partial charge in [-0.15, -0.1) is 0 Å². The fraction of sp³-hybridized carbons (Fsp3) is 0.400. The molecular formula is C15H17BrFN3. The SMILES string of the molecule is Fc1ccc(Br)cc1-c1cnc(C2CCCCCN2)[nH]1. The summed E-state index contributed by atoms with van der Waals surface area (Å²) in [6.45, 7) is 1.02. The number of H-pyrrole nitrogens is 1. The Hall–Kier alpha value is -1.20. The lowest BCUT2D eigenvalue weighted by molar-refractivity contribution is 0.512. The van der Waals surface area contributed by atoms with Crippen molar-refractivity contribution in [1.29, 1.82) is 0 Å². The van der Waals surface area contributed by atoms with Gasteiger partial charge in [-0.1, -0.05) is 28.8 Å². The maximum Gasteiger partial charge on any atom is 0.132 e. The number of benzene rings is 1. The van der Waals surface area contributed by atoms with Gasteiger partial charge in [-0.3, -0.25) is 0 Å². The molecule has 1 aliphatic heterocycles. The van der Waals surface area contributed by atoms with Crippen LogP contribution in [0.4, 0.5) is 4.39 Å². The highest BCUT2D eigenvalue weighted by molar-refractivity contribution is 9.10. The van der Waals surface area contributed by atoms with Gasteiger partial charge in [-0.25, -0.2) is 9.37 Å². The first kappa shape index (κ1) is 13.8. The van der Waals surface area contributed by atoms with Gasteiger partial charge in [0.25, 0.3) is 0 Å². The van der Waals surface area contributed by atoms with E-state index in [0.29, 0.717) is 5.56 Å². The number of hydrogen-bond acceptors (Lipinski definition) is 2. The first-order valence-corrected chi connectivity index (χ1v) is 7.77. The Kier molecular flexibility index (Phi) is 4.17. The van der Waals surface area contributed by atoms with Crippen molar-refractivity contribution >= 4 is 15.9 Å². The molecule has 0 saturated carbocycles. The molecule has 0 aliphatic carbocycles. The van der Waals surface area contributed by atoms with Crippen molar-refractivity contribution < 1.29 is 4.39 Å². The number of nitrogens with zero attached hydrogens (tertiary/aromatic N) is 1. The number of hydrogen-bond donors (Lipinski definition) is 2. The zero-order valence-electron chi connectivity index (χ0n) is 11.1. The highest BCUT2D eigenvalue weighted by Crippen LogP contribution is 2.27. The van der Waals surface area contributed by atoms with E-state index in [1.54, 1.807) is 18.3 Å². The summed E-state index contributed by atoms with van der Waals surface area (Å²) in [5.41, 5.74) is 1.27. The molecule has 1 aromatic heterocycles. The van der Waals surface area contributed by atoms with Crippen LogP contribution in [0.15, 0.2) is 28.9 Å². The predicted molar refractivity (Wildman–Crippen MR) is 80.9 cm³/mol. The molecule has 3 rings (SSSR count). The van der Waals surface area contributed by atoms with Crippen LogP contribution in [0, 0.1) is 5.82 Å². The summed E-state index contributed by atoms with van der Waals surface area (Å²) in [6.07, 6.45) is 6.47. The highest BCUT2D eigenvalue weighted by Gasteiger charge is 2.17. The molecule has 0 radical (unpaired) electrons. The van der Waals surface area contributed by atoms with Crippen LogP contribution in [0.3, 0.4) is 0 Å². The number of rotatable bonds is 2. The molecule has 1 saturated heterocycles. The average molecular weight is 338 g/mol. The quantitative estimate of drug-likeness (QED) is 0.862. The molecule has 5 heteroatoms. The standard InChI is InChI=1S/C15H17BrFN3/c16-10-5-6-12(17)11(8-10)14-9-19-15(20-14)13-4-2-1-3-7-18-13/h5-6,8-9,13,18H,1-4,7H2,(H,19,20). The van der Waals surface area contributed by atoms with Crippen molar-refractivity contribution in [1.82, 2.24) is 15.3 Å². The molecule has 106 valence electrons. The van der Waals surface area contributed by atoms with Gasteiger partial charge >= 0.3 is 0 Å². The Bertz CT molecular complexity index is 589. The summed E-state index contributed by atoms with van der Waals surface area (Å²) in [7, 11) is 0. The Morgan fingerprint density at radius 3 is 3.05 bits per heavy atom. The lowest BCUT2D eigenvalue weighted by Gasteiger charge is -2.12. The molecule has 0 spiro atoms. The van der Waals surface area contributed by atoms with E-state index in [1.165, 1.54) is 25.3 Å². The van der Waals surface area contributed by atoms with Gasteiger partial charge in [0, 0.05) is 10.0 Å². The minimum atomic E-state index is -0.239. The van der Waals surface area contributed by atoms with E-state index in [4.69, 9.17) is 0 Å². The Labute approximate surface area is 126 Å². The lowest BCUT2D eigenvalue weighted by Crippen LogP contribution is -2.21. The third-order valence-electron chi connectivity index (χ3n) is 3.70.